The number of hydrogen-bond donors (Lipinski definition) is 4. The van der Waals surface area contributed by atoms with Crippen molar-refractivity contribution in [2.75, 3.05) is 24.9 Å². The number of hydrogen-bond acceptors (Lipinski definition) is 13. The number of carbonyl (C=O) groups excluding carboxylic acids is 2. The highest BCUT2D eigenvalue weighted by Crippen LogP contribution is 2.35. The molecule has 2 amide bonds. The zero-order valence-corrected chi connectivity index (χ0v) is 29.1. The van der Waals surface area contributed by atoms with Crippen molar-refractivity contribution in [3.05, 3.63) is 96.1 Å². The molecule has 0 bridgehead atoms. The number of anilines is 2. The van der Waals surface area contributed by atoms with E-state index >= 15 is 0 Å². The SMILES string of the molecule is COC(=O)Nc1nc2ccc(OS(=O)(=O)c3ccccc3C#N)cc2[nH]1.COC(=O)Nc1nc2ccc(OS(=O)(=O)c3ccccc3C(F)(F)F)cc2[nH]1. The van der Waals surface area contributed by atoms with Crippen molar-refractivity contribution in [3.63, 3.8) is 0 Å². The fraction of sp³-hybridized carbons (Fsp3) is 0.0938. The molecule has 0 aliphatic heterocycles. The highest BCUT2D eigenvalue weighted by atomic mass is 32.2. The summed E-state index contributed by atoms with van der Waals surface area (Å²) in [6.45, 7) is 0. The van der Waals surface area contributed by atoms with Crippen LogP contribution in [0.1, 0.15) is 11.1 Å². The maximum Gasteiger partial charge on any atom is 0.417 e. The maximum atomic E-state index is 13.1. The molecule has 0 radical (unpaired) electrons. The summed E-state index contributed by atoms with van der Waals surface area (Å²) < 4.78 is 108. The molecule has 0 saturated carbocycles. The molecule has 0 spiro atoms. The topological polar surface area (TPSA) is 245 Å². The van der Waals surface area contributed by atoms with Crippen LogP contribution in [0.2, 0.25) is 0 Å². The average Bonchev–Trinajstić information content (AvgIpc) is 3.73. The van der Waals surface area contributed by atoms with E-state index in [1.54, 1.807) is 6.07 Å². The van der Waals surface area contributed by atoms with Gasteiger partial charge in [0.05, 0.1) is 47.4 Å². The van der Waals surface area contributed by atoms with E-state index in [4.69, 9.17) is 13.6 Å². The molecule has 0 atom stereocenters. The summed E-state index contributed by atoms with van der Waals surface area (Å²) in [5, 5.41) is 13.7. The molecule has 0 aliphatic carbocycles. The van der Waals surface area contributed by atoms with Gasteiger partial charge in [-0.3, -0.25) is 10.6 Å². The number of nitrogens with one attached hydrogen (secondary N) is 4. The number of ether oxygens (including phenoxy) is 2. The summed E-state index contributed by atoms with van der Waals surface area (Å²) in [6.07, 6.45) is -6.34. The van der Waals surface area contributed by atoms with Gasteiger partial charge in [-0.15, -0.1) is 0 Å². The van der Waals surface area contributed by atoms with E-state index in [9.17, 15) is 39.6 Å². The van der Waals surface area contributed by atoms with E-state index < -0.39 is 49.1 Å². The Morgan fingerprint density at radius 3 is 1.61 bits per heavy atom. The van der Waals surface area contributed by atoms with Gasteiger partial charge in [-0.2, -0.15) is 35.3 Å². The van der Waals surface area contributed by atoms with Crippen LogP contribution < -0.4 is 19.0 Å². The van der Waals surface area contributed by atoms with Gasteiger partial charge in [0.1, 0.15) is 27.4 Å². The Balaban J connectivity index is 0.000000208. The molecular formula is C32H24F3N7O10S2. The molecular weight excluding hydrogens is 764 g/mol. The number of carbonyl (C=O) groups is 2. The largest absolute Gasteiger partial charge is 0.453 e. The van der Waals surface area contributed by atoms with Gasteiger partial charge in [0, 0.05) is 12.1 Å². The summed E-state index contributed by atoms with van der Waals surface area (Å²) in [4.78, 5) is 34.8. The quantitative estimate of drug-likeness (QED) is 0.131. The first-order valence-electron chi connectivity index (χ1n) is 14.8. The number of aromatic nitrogens is 4. The Morgan fingerprint density at radius 2 is 1.15 bits per heavy atom. The fourth-order valence-corrected chi connectivity index (χ4v) is 6.75. The highest BCUT2D eigenvalue weighted by Gasteiger charge is 2.37. The van der Waals surface area contributed by atoms with Gasteiger partial charge in [-0.25, -0.2) is 19.6 Å². The van der Waals surface area contributed by atoms with Crippen LogP contribution in [-0.2, 0) is 35.9 Å². The predicted molar refractivity (Wildman–Crippen MR) is 182 cm³/mol. The molecule has 0 aliphatic rings. The number of amides is 2. The summed E-state index contributed by atoms with van der Waals surface area (Å²) >= 11 is 0. The lowest BCUT2D eigenvalue weighted by molar-refractivity contribution is -0.140. The van der Waals surface area contributed by atoms with Crippen LogP contribution in [0.15, 0.2) is 94.7 Å². The second-order valence-corrected chi connectivity index (χ2v) is 13.5. The van der Waals surface area contributed by atoms with Crippen LogP contribution in [0, 0.1) is 11.3 Å². The number of nitrogens with zero attached hydrogens (tertiary/aromatic N) is 3. The molecule has 6 rings (SSSR count). The second-order valence-electron chi connectivity index (χ2n) is 10.4. The molecule has 22 heteroatoms. The lowest BCUT2D eigenvalue weighted by Gasteiger charge is -2.13. The zero-order valence-electron chi connectivity index (χ0n) is 27.5. The minimum absolute atomic E-state index is 0.0142. The fourth-order valence-electron chi connectivity index (χ4n) is 4.53. The van der Waals surface area contributed by atoms with Crippen LogP contribution in [0.3, 0.4) is 0 Å². The summed E-state index contributed by atoms with van der Waals surface area (Å²) in [7, 11) is -6.57. The Hall–Kier alpha value is -6.86. The Morgan fingerprint density at radius 1 is 0.704 bits per heavy atom. The van der Waals surface area contributed by atoms with E-state index in [-0.39, 0.29) is 39.4 Å². The summed E-state index contributed by atoms with van der Waals surface area (Å²) in [6, 6.07) is 19.4. The van der Waals surface area contributed by atoms with Crippen molar-refractivity contribution in [3.8, 4) is 17.6 Å². The molecule has 4 N–H and O–H groups in total. The van der Waals surface area contributed by atoms with Crippen LogP contribution in [0.4, 0.5) is 34.7 Å². The number of halogens is 3. The zero-order chi connectivity index (χ0) is 39.3. The molecule has 0 saturated heterocycles. The third-order valence-electron chi connectivity index (χ3n) is 6.87. The van der Waals surface area contributed by atoms with E-state index in [0.717, 1.165) is 25.3 Å². The first-order chi connectivity index (χ1) is 25.5. The average molecular weight is 788 g/mol. The lowest BCUT2D eigenvalue weighted by Crippen LogP contribution is -2.17. The minimum atomic E-state index is -4.87. The molecule has 54 heavy (non-hydrogen) atoms. The third-order valence-corrected chi connectivity index (χ3v) is 9.48. The van der Waals surface area contributed by atoms with E-state index in [2.05, 4.69) is 40.0 Å². The molecule has 0 fully saturated rings. The predicted octanol–water partition coefficient (Wildman–Crippen LogP) is 5.91. The molecule has 4 aromatic carbocycles. The van der Waals surface area contributed by atoms with Crippen LogP contribution in [0.25, 0.3) is 22.1 Å². The number of nitriles is 1. The van der Waals surface area contributed by atoms with E-state index in [1.807, 2.05) is 6.07 Å². The number of methoxy groups -OCH3 is 2. The standard InChI is InChI=1S/C16H12F3N3O5S.C16H12N4O5S/c1-26-15(23)22-14-20-11-7-6-9(8-12(11)21-14)27-28(24,25)13-5-3-2-4-10(13)16(17,18)19;1-24-16(21)20-15-18-12-7-6-11(8-13(12)19-15)25-26(22,23)14-5-3-2-4-10(14)9-17/h2-8H,1H3,(H2,20,21,22,23);2-8H,1H3,(H2,18,19,20,21). The Labute approximate surface area is 302 Å². The first-order valence-corrected chi connectivity index (χ1v) is 17.6. The van der Waals surface area contributed by atoms with Crippen molar-refractivity contribution in [1.82, 2.24) is 19.9 Å². The summed E-state index contributed by atoms with van der Waals surface area (Å²) in [5.41, 5.74) is 0.216. The number of aromatic amines is 2. The smallest absolute Gasteiger partial charge is 0.417 e. The minimum Gasteiger partial charge on any atom is -0.453 e. The normalized spacial score (nSPS) is 11.5. The molecule has 6 aromatic rings. The van der Waals surface area contributed by atoms with Gasteiger partial charge in [0.2, 0.25) is 11.9 Å². The Kier molecular flexibility index (Phi) is 10.9. The number of H-pyrrole nitrogens is 2. The second kappa shape index (κ2) is 15.4. The number of benzene rings is 4. The van der Waals surface area contributed by atoms with Crippen molar-refractivity contribution >= 4 is 66.4 Å². The monoisotopic (exact) mass is 787 g/mol. The number of imidazole rings is 2. The maximum absolute atomic E-state index is 13.1. The van der Waals surface area contributed by atoms with Crippen molar-refractivity contribution in [1.29, 1.82) is 5.26 Å². The van der Waals surface area contributed by atoms with E-state index in [1.165, 1.54) is 61.7 Å². The summed E-state index contributed by atoms with van der Waals surface area (Å²) in [5.74, 6) is -0.0396. The molecule has 2 aromatic heterocycles. The van der Waals surface area contributed by atoms with E-state index in [0.29, 0.717) is 22.6 Å². The van der Waals surface area contributed by atoms with Crippen molar-refractivity contribution in [2.24, 2.45) is 0 Å². The van der Waals surface area contributed by atoms with Crippen LogP contribution in [-0.4, -0.2) is 63.2 Å². The number of alkyl halides is 3. The van der Waals surface area contributed by atoms with Gasteiger partial charge < -0.3 is 27.8 Å². The Bertz CT molecular complexity index is 2640. The van der Waals surface area contributed by atoms with Crippen molar-refractivity contribution < 1.29 is 57.4 Å². The number of rotatable bonds is 8. The third kappa shape index (κ3) is 8.95. The van der Waals surface area contributed by atoms with Gasteiger partial charge in [-0.05, 0) is 48.5 Å². The molecule has 0 unspecified atom stereocenters. The van der Waals surface area contributed by atoms with Gasteiger partial charge in [-0.1, -0.05) is 24.3 Å². The molecule has 17 nitrogen and oxygen atoms in total. The van der Waals surface area contributed by atoms with Crippen LogP contribution in [0.5, 0.6) is 11.5 Å². The lowest BCUT2D eigenvalue weighted by atomic mass is 10.2. The van der Waals surface area contributed by atoms with Gasteiger partial charge in [0.25, 0.3) is 0 Å². The van der Waals surface area contributed by atoms with Gasteiger partial charge in [0.15, 0.2) is 0 Å². The van der Waals surface area contributed by atoms with Crippen molar-refractivity contribution in [2.45, 2.75) is 16.0 Å². The molecule has 2 heterocycles. The van der Waals surface area contributed by atoms with Gasteiger partial charge >= 0.3 is 38.6 Å². The first kappa shape index (κ1) is 38.4. The number of fused-ring (bicyclic) bond motifs is 2. The molecule has 280 valence electrons. The van der Waals surface area contributed by atoms with Crippen LogP contribution >= 0.6 is 0 Å². The highest BCUT2D eigenvalue weighted by molar-refractivity contribution is 7.87.